The molecule has 1 N–H and O–H groups in total. The molecule has 10 nitrogen and oxygen atoms in total. The maximum atomic E-state index is 14.1. The molecule has 15 heteroatoms. The van der Waals surface area contributed by atoms with E-state index in [9.17, 15) is 21.6 Å². The van der Waals surface area contributed by atoms with Gasteiger partial charge in [-0.1, -0.05) is 35.9 Å². The van der Waals surface area contributed by atoms with Crippen LogP contribution in [-0.2, 0) is 10.0 Å². The number of anilines is 1. The average Bonchev–Trinajstić information content (AvgIpc) is 3.37. The molecule has 0 amide bonds. The van der Waals surface area contributed by atoms with Crippen molar-refractivity contribution in [3.05, 3.63) is 84.0 Å². The van der Waals surface area contributed by atoms with Crippen molar-refractivity contribution in [3.63, 3.8) is 0 Å². The topological polar surface area (TPSA) is 115 Å². The number of aromatic nitrogens is 5. The number of nitrogens with zero attached hydrogens (tertiary/aromatic N) is 6. The highest BCUT2D eigenvalue weighted by molar-refractivity contribution is 7.89. The molecule has 222 valence electrons. The predicted octanol–water partition coefficient (Wildman–Crippen LogP) is 5.22. The summed E-state index contributed by atoms with van der Waals surface area (Å²) in [6.07, 6.45) is 3.63. The Morgan fingerprint density at radius 1 is 0.977 bits per heavy atom. The first-order valence-corrected chi connectivity index (χ1v) is 15.0. The largest absolute Gasteiger partial charge is 0.417 e. The van der Waals surface area contributed by atoms with Gasteiger partial charge in [0.2, 0.25) is 15.9 Å². The van der Waals surface area contributed by atoms with Gasteiger partial charge in [-0.05, 0) is 43.2 Å². The van der Waals surface area contributed by atoms with Crippen molar-refractivity contribution in [2.24, 2.45) is 0 Å². The van der Waals surface area contributed by atoms with Crippen LogP contribution in [0.3, 0.4) is 0 Å². The molecule has 0 saturated carbocycles. The van der Waals surface area contributed by atoms with Crippen LogP contribution >= 0.6 is 11.6 Å². The van der Waals surface area contributed by atoms with E-state index in [4.69, 9.17) is 16.6 Å². The summed E-state index contributed by atoms with van der Waals surface area (Å²) in [6.45, 7) is -2.14. The van der Waals surface area contributed by atoms with Gasteiger partial charge in [0.05, 0.1) is 16.9 Å². The first-order chi connectivity index (χ1) is 20.7. The average molecular weight is 630 g/mol. The van der Waals surface area contributed by atoms with Gasteiger partial charge in [-0.15, -0.1) is 0 Å². The van der Waals surface area contributed by atoms with E-state index in [0.717, 1.165) is 6.07 Å². The van der Waals surface area contributed by atoms with E-state index in [0.29, 0.717) is 65.0 Å². The highest BCUT2D eigenvalue weighted by Crippen LogP contribution is 2.35. The number of halogens is 4. The van der Waals surface area contributed by atoms with E-state index in [2.05, 4.69) is 24.4 Å². The number of pyridine rings is 1. The van der Waals surface area contributed by atoms with E-state index in [1.807, 2.05) is 11.0 Å². The molecule has 4 heterocycles. The first kappa shape index (κ1) is 28.8. The second-order valence-electron chi connectivity index (χ2n) is 9.67. The van der Waals surface area contributed by atoms with Crippen LogP contribution in [-0.4, -0.2) is 58.7 Å². The third-order valence-corrected chi connectivity index (χ3v) is 8.85. The Morgan fingerprint density at radius 2 is 1.72 bits per heavy atom. The van der Waals surface area contributed by atoms with Gasteiger partial charge in [-0.25, -0.2) is 37.5 Å². The number of alkyl halides is 2. The summed E-state index contributed by atoms with van der Waals surface area (Å²) in [6, 6.07) is 14.8. The van der Waals surface area contributed by atoms with Gasteiger partial charge < -0.3 is 9.64 Å². The Bertz CT molecular complexity index is 1880. The molecule has 5 aromatic rings. The minimum atomic E-state index is -4.04. The molecule has 0 spiro atoms. The smallest absolute Gasteiger partial charge is 0.388 e. The fourth-order valence-corrected chi connectivity index (χ4v) is 6.60. The Balaban J connectivity index is 1.32. The molecule has 6 rings (SSSR count). The van der Waals surface area contributed by atoms with Gasteiger partial charge in [-0.2, -0.15) is 8.78 Å². The minimum absolute atomic E-state index is 0.244. The third kappa shape index (κ3) is 5.85. The summed E-state index contributed by atoms with van der Waals surface area (Å²) in [4.78, 5) is 19.4. The van der Waals surface area contributed by atoms with Crippen LogP contribution in [0.1, 0.15) is 12.8 Å². The Hall–Kier alpha value is -4.27. The van der Waals surface area contributed by atoms with Gasteiger partial charge in [0, 0.05) is 30.8 Å². The zero-order chi connectivity index (χ0) is 30.1. The third-order valence-electron chi connectivity index (χ3n) is 6.97. The van der Waals surface area contributed by atoms with Crippen molar-refractivity contribution >= 4 is 38.6 Å². The van der Waals surface area contributed by atoms with Crippen molar-refractivity contribution < 1.29 is 26.3 Å². The van der Waals surface area contributed by atoms with E-state index in [1.165, 1.54) is 36.8 Å². The number of hydrogen-bond acceptors (Lipinski definition) is 8. The number of imidazole rings is 1. The van der Waals surface area contributed by atoms with Gasteiger partial charge in [0.25, 0.3) is 0 Å². The molecule has 0 radical (unpaired) electrons. The lowest BCUT2D eigenvalue weighted by atomic mass is 10.1. The Labute approximate surface area is 249 Å². The fourth-order valence-electron chi connectivity index (χ4n) is 5.00. The standard InChI is InChI=1S/C28H23ClF3N7O3S/c29-20-6-2-1-5-19(20)25-36-24-26(34-16-35-27(24)39(25)18-9-10-23(33-15-18)42-28(31)32)38-13-11-17(12-14-38)37-43(40,41)22-8-4-3-7-21(22)30/h1-10,15-17,28,37H,11-14H2. The van der Waals surface area contributed by atoms with E-state index >= 15 is 0 Å². The van der Waals surface area contributed by atoms with Crippen LogP contribution in [0, 0.1) is 5.82 Å². The van der Waals surface area contributed by atoms with Crippen molar-refractivity contribution in [2.45, 2.75) is 30.4 Å². The molecule has 3 aromatic heterocycles. The molecule has 43 heavy (non-hydrogen) atoms. The molecule has 0 aliphatic carbocycles. The maximum Gasteiger partial charge on any atom is 0.388 e. The zero-order valence-corrected chi connectivity index (χ0v) is 23.8. The summed E-state index contributed by atoms with van der Waals surface area (Å²) in [7, 11) is -4.04. The Morgan fingerprint density at radius 3 is 2.42 bits per heavy atom. The molecular weight excluding hydrogens is 607 g/mol. The Kier molecular flexibility index (Phi) is 7.90. The van der Waals surface area contributed by atoms with Crippen LogP contribution in [0.4, 0.5) is 19.0 Å². The molecular formula is C28H23ClF3N7O3S. The van der Waals surface area contributed by atoms with E-state index in [1.54, 1.807) is 28.8 Å². The quantitative estimate of drug-likeness (QED) is 0.249. The monoisotopic (exact) mass is 629 g/mol. The highest BCUT2D eigenvalue weighted by atomic mass is 35.5. The van der Waals surface area contributed by atoms with Crippen LogP contribution < -0.4 is 14.4 Å². The van der Waals surface area contributed by atoms with Crippen LogP contribution in [0.5, 0.6) is 5.88 Å². The number of hydrogen-bond donors (Lipinski definition) is 1. The molecule has 1 fully saturated rings. The number of sulfonamides is 1. The summed E-state index contributed by atoms with van der Waals surface area (Å²) in [5.74, 6) is -0.101. The van der Waals surface area contributed by atoms with Crippen molar-refractivity contribution in [1.29, 1.82) is 0 Å². The zero-order valence-electron chi connectivity index (χ0n) is 22.2. The van der Waals surface area contributed by atoms with Gasteiger partial charge >= 0.3 is 6.61 Å². The lowest BCUT2D eigenvalue weighted by Gasteiger charge is -2.33. The molecule has 1 aliphatic rings. The summed E-state index contributed by atoms with van der Waals surface area (Å²) >= 11 is 6.54. The molecule has 1 saturated heterocycles. The number of benzene rings is 2. The van der Waals surface area contributed by atoms with Gasteiger partial charge in [0.15, 0.2) is 17.0 Å². The first-order valence-electron chi connectivity index (χ1n) is 13.1. The SMILES string of the molecule is O=S(=O)(NC1CCN(c2ncnc3c2nc(-c2ccccc2Cl)n3-c2ccc(OC(F)F)nc2)CC1)c1ccccc1F. The summed E-state index contributed by atoms with van der Waals surface area (Å²) in [5.41, 5.74) is 1.95. The van der Waals surface area contributed by atoms with Crippen molar-refractivity contribution in [2.75, 3.05) is 18.0 Å². The molecule has 1 aliphatic heterocycles. The number of rotatable bonds is 8. The van der Waals surface area contributed by atoms with Crippen LogP contribution in [0.25, 0.3) is 28.2 Å². The lowest BCUT2D eigenvalue weighted by molar-refractivity contribution is -0.0528. The van der Waals surface area contributed by atoms with Gasteiger partial charge in [0.1, 0.15) is 22.9 Å². The summed E-state index contributed by atoms with van der Waals surface area (Å²) < 4.78 is 73.8. The van der Waals surface area contributed by atoms with Gasteiger partial charge in [-0.3, -0.25) is 4.57 Å². The van der Waals surface area contributed by atoms with E-state index in [-0.39, 0.29) is 5.88 Å². The van der Waals surface area contributed by atoms with Crippen molar-refractivity contribution in [3.8, 4) is 23.0 Å². The van der Waals surface area contributed by atoms with Crippen LogP contribution in [0.15, 0.2) is 78.1 Å². The second-order valence-corrected chi connectivity index (χ2v) is 11.8. The molecule has 0 atom stereocenters. The van der Waals surface area contributed by atoms with Crippen molar-refractivity contribution in [1.82, 2.24) is 29.2 Å². The second kappa shape index (κ2) is 11.8. The fraction of sp³-hybridized carbons (Fsp3) is 0.214. The predicted molar refractivity (Wildman–Crippen MR) is 153 cm³/mol. The molecule has 2 aromatic carbocycles. The maximum absolute atomic E-state index is 14.1. The number of fused-ring (bicyclic) bond motifs is 1. The molecule has 0 bridgehead atoms. The van der Waals surface area contributed by atoms with E-state index < -0.39 is 33.4 Å². The molecule has 0 unspecified atom stereocenters. The highest BCUT2D eigenvalue weighted by Gasteiger charge is 2.29. The minimum Gasteiger partial charge on any atom is -0.417 e. The number of piperidine rings is 1. The van der Waals surface area contributed by atoms with Crippen LogP contribution in [0.2, 0.25) is 5.02 Å². The number of ether oxygens (including phenoxy) is 1. The lowest BCUT2D eigenvalue weighted by Crippen LogP contribution is -2.45. The normalized spacial score (nSPS) is 14.5. The summed E-state index contributed by atoms with van der Waals surface area (Å²) in [5, 5.41) is 0.433. The number of nitrogens with one attached hydrogen (secondary N) is 1.